The van der Waals surface area contributed by atoms with Gasteiger partial charge in [-0.2, -0.15) is 0 Å². The van der Waals surface area contributed by atoms with Gasteiger partial charge in [-0.25, -0.2) is 0 Å². The Hall–Kier alpha value is -0.530. The fourth-order valence-electron chi connectivity index (χ4n) is 1.83. The van der Waals surface area contributed by atoms with Crippen LogP contribution in [0.3, 0.4) is 0 Å². The van der Waals surface area contributed by atoms with Crippen molar-refractivity contribution in [1.29, 1.82) is 0 Å². The van der Waals surface area contributed by atoms with Crippen molar-refractivity contribution < 1.29 is 9.90 Å². The number of hydrogen-bond acceptors (Lipinski definition) is 1. The highest BCUT2D eigenvalue weighted by Gasteiger charge is 2.30. The van der Waals surface area contributed by atoms with Crippen LogP contribution < -0.4 is 0 Å². The van der Waals surface area contributed by atoms with Gasteiger partial charge in [0.1, 0.15) is 0 Å². The second-order valence-corrected chi connectivity index (χ2v) is 4.43. The quantitative estimate of drug-likeness (QED) is 0.604. The van der Waals surface area contributed by atoms with Crippen molar-refractivity contribution in [3.05, 3.63) is 0 Å². The van der Waals surface area contributed by atoms with Gasteiger partial charge in [-0.3, -0.25) is 4.79 Å². The summed E-state index contributed by atoms with van der Waals surface area (Å²) in [5.41, 5.74) is -0.484. The molecule has 0 aromatic heterocycles. The molecule has 0 aromatic carbocycles. The van der Waals surface area contributed by atoms with Crippen LogP contribution >= 0.6 is 0 Å². The van der Waals surface area contributed by atoms with E-state index in [2.05, 4.69) is 6.92 Å². The van der Waals surface area contributed by atoms with Crippen LogP contribution in [-0.4, -0.2) is 11.1 Å². The van der Waals surface area contributed by atoms with E-state index in [9.17, 15) is 4.79 Å². The van der Waals surface area contributed by atoms with E-state index < -0.39 is 11.4 Å². The third kappa shape index (κ3) is 4.64. The van der Waals surface area contributed by atoms with E-state index in [1.807, 2.05) is 13.8 Å². The third-order valence-corrected chi connectivity index (χ3v) is 2.90. The third-order valence-electron chi connectivity index (χ3n) is 2.90. The van der Waals surface area contributed by atoms with E-state index in [0.717, 1.165) is 25.7 Å². The van der Waals surface area contributed by atoms with Crippen molar-refractivity contribution in [3.8, 4) is 0 Å². The highest BCUT2D eigenvalue weighted by Crippen LogP contribution is 2.30. The zero-order valence-electron chi connectivity index (χ0n) is 9.81. The summed E-state index contributed by atoms with van der Waals surface area (Å²) in [5, 5.41) is 9.12. The number of rotatable bonds is 8. The number of aliphatic carboxylic acids is 1. The molecule has 0 unspecified atom stereocenters. The molecule has 0 aliphatic carbocycles. The van der Waals surface area contributed by atoms with Crippen LogP contribution in [0.2, 0.25) is 0 Å². The minimum absolute atomic E-state index is 0.484. The molecule has 84 valence electrons. The molecule has 0 saturated heterocycles. The molecule has 14 heavy (non-hydrogen) atoms. The highest BCUT2D eigenvalue weighted by atomic mass is 16.4. The normalized spacial score (nSPS) is 15.1. The smallest absolute Gasteiger partial charge is 0.309 e. The second-order valence-electron chi connectivity index (χ2n) is 4.43. The van der Waals surface area contributed by atoms with Gasteiger partial charge in [-0.15, -0.1) is 0 Å². The summed E-state index contributed by atoms with van der Waals surface area (Å²) in [7, 11) is 0. The van der Waals surface area contributed by atoms with Gasteiger partial charge in [-0.1, -0.05) is 46.0 Å². The Balaban J connectivity index is 3.90. The van der Waals surface area contributed by atoms with Gasteiger partial charge in [-0.05, 0) is 19.8 Å². The van der Waals surface area contributed by atoms with Gasteiger partial charge in [0.05, 0.1) is 5.41 Å². The molecule has 0 heterocycles. The number of carboxylic acids is 1. The maximum atomic E-state index is 11.1. The van der Waals surface area contributed by atoms with Crippen molar-refractivity contribution >= 4 is 5.97 Å². The Kier molecular flexibility index (Phi) is 6.60. The Bertz CT molecular complexity index is 166. The summed E-state index contributed by atoms with van der Waals surface area (Å²) in [6.07, 6.45) is 7.24. The zero-order chi connectivity index (χ0) is 11.0. The van der Waals surface area contributed by atoms with Crippen molar-refractivity contribution in [2.45, 2.75) is 65.7 Å². The Morgan fingerprint density at radius 1 is 1.07 bits per heavy atom. The highest BCUT2D eigenvalue weighted by molar-refractivity contribution is 5.73. The molecule has 0 amide bonds. The molecule has 0 spiro atoms. The number of carboxylic acid groups (broad SMARTS) is 1. The van der Waals surface area contributed by atoms with E-state index in [0.29, 0.717) is 0 Å². The van der Waals surface area contributed by atoms with Gasteiger partial charge in [0.25, 0.3) is 0 Å². The molecule has 1 N–H and O–H groups in total. The Morgan fingerprint density at radius 2 is 1.71 bits per heavy atom. The van der Waals surface area contributed by atoms with Crippen LogP contribution in [0.25, 0.3) is 0 Å². The minimum atomic E-state index is -0.629. The fourth-order valence-corrected chi connectivity index (χ4v) is 1.83. The lowest BCUT2D eigenvalue weighted by Crippen LogP contribution is -2.27. The predicted octanol–water partition coefficient (Wildman–Crippen LogP) is 3.85. The molecule has 0 fully saturated rings. The summed E-state index contributed by atoms with van der Waals surface area (Å²) in [4.78, 5) is 11.1. The van der Waals surface area contributed by atoms with E-state index in [1.165, 1.54) is 19.3 Å². The monoisotopic (exact) mass is 200 g/mol. The average molecular weight is 200 g/mol. The number of carbonyl (C=O) groups is 1. The minimum Gasteiger partial charge on any atom is -0.481 e. The van der Waals surface area contributed by atoms with Gasteiger partial charge in [0.15, 0.2) is 0 Å². The van der Waals surface area contributed by atoms with Crippen molar-refractivity contribution in [2.75, 3.05) is 0 Å². The molecule has 0 aliphatic rings. The topological polar surface area (TPSA) is 37.3 Å². The van der Waals surface area contributed by atoms with E-state index >= 15 is 0 Å². The molecule has 0 radical (unpaired) electrons. The second kappa shape index (κ2) is 6.86. The first-order valence-corrected chi connectivity index (χ1v) is 5.80. The number of unbranched alkanes of at least 4 members (excludes halogenated alkanes) is 3. The van der Waals surface area contributed by atoms with Crippen LogP contribution in [0, 0.1) is 5.41 Å². The average Bonchev–Trinajstić information content (AvgIpc) is 2.13. The van der Waals surface area contributed by atoms with Gasteiger partial charge in [0.2, 0.25) is 0 Å². The summed E-state index contributed by atoms with van der Waals surface area (Å²) in [6.45, 7) is 6.10. The van der Waals surface area contributed by atoms with Crippen LogP contribution in [-0.2, 0) is 4.79 Å². The van der Waals surface area contributed by atoms with Crippen molar-refractivity contribution in [3.63, 3.8) is 0 Å². The van der Waals surface area contributed by atoms with Crippen LogP contribution in [0.15, 0.2) is 0 Å². The summed E-state index contributed by atoms with van der Waals surface area (Å²) < 4.78 is 0. The SMILES string of the molecule is CCCCCC[C@@](C)(CCC)C(=O)O. The lowest BCUT2D eigenvalue weighted by atomic mass is 9.80. The summed E-state index contributed by atoms with van der Waals surface area (Å²) >= 11 is 0. The van der Waals surface area contributed by atoms with E-state index in [1.54, 1.807) is 0 Å². The Labute approximate surface area is 87.7 Å². The molecule has 0 saturated carbocycles. The van der Waals surface area contributed by atoms with E-state index in [-0.39, 0.29) is 0 Å². The molecule has 2 nitrogen and oxygen atoms in total. The van der Waals surface area contributed by atoms with Gasteiger partial charge < -0.3 is 5.11 Å². The molecule has 1 atom stereocenters. The first kappa shape index (κ1) is 13.5. The van der Waals surface area contributed by atoms with E-state index in [4.69, 9.17) is 5.11 Å². The largest absolute Gasteiger partial charge is 0.481 e. The summed E-state index contributed by atoms with van der Waals surface area (Å²) in [6, 6.07) is 0. The van der Waals surface area contributed by atoms with Crippen molar-refractivity contribution in [2.24, 2.45) is 5.41 Å². The van der Waals surface area contributed by atoms with Crippen molar-refractivity contribution in [1.82, 2.24) is 0 Å². The lowest BCUT2D eigenvalue weighted by molar-refractivity contribution is -0.148. The molecule has 0 rings (SSSR count). The Morgan fingerprint density at radius 3 is 2.14 bits per heavy atom. The zero-order valence-corrected chi connectivity index (χ0v) is 9.81. The molecule has 2 heteroatoms. The first-order chi connectivity index (χ1) is 6.56. The molecule has 0 bridgehead atoms. The maximum Gasteiger partial charge on any atom is 0.309 e. The standard InChI is InChI=1S/C12H24O2/c1-4-6-7-8-10-12(3,9-5-2)11(13)14/h4-10H2,1-3H3,(H,13,14)/t12-/m1/s1. The maximum absolute atomic E-state index is 11.1. The van der Waals surface area contributed by atoms with Crippen LogP contribution in [0.5, 0.6) is 0 Å². The first-order valence-electron chi connectivity index (χ1n) is 5.80. The molecule has 0 aliphatic heterocycles. The molecule has 0 aromatic rings. The van der Waals surface area contributed by atoms with Crippen LogP contribution in [0.4, 0.5) is 0 Å². The molecular formula is C12H24O2. The predicted molar refractivity (Wildman–Crippen MR) is 59.4 cm³/mol. The van der Waals surface area contributed by atoms with Gasteiger partial charge in [0, 0.05) is 0 Å². The fraction of sp³-hybridized carbons (Fsp3) is 0.917. The lowest BCUT2D eigenvalue weighted by Gasteiger charge is -2.23. The summed E-state index contributed by atoms with van der Waals surface area (Å²) in [5.74, 6) is -0.629. The molecular weight excluding hydrogens is 176 g/mol. The number of hydrogen-bond donors (Lipinski definition) is 1. The van der Waals surface area contributed by atoms with Crippen LogP contribution in [0.1, 0.15) is 65.7 Å². The van der Waals surface area contributed by atoms with Gasteiger partial charge >= 0.3 is 5.97 Å².